The zero-order chi connectivity index (χ0) is 21.8. The Bertz CT molecular complexity index is 1040. The van der Waals surface area contributed by atoms with Crippen molar-refractivity contribution in [2.24, 2.45) is 0 Å². The molecule has 160 valence electrons. The van der Waals surface area contributed by atoms with E-state index in [0.717, 1.165) is 24.8 Å². The molecule has 4 rings (SSSR count). The van der Waals surface area contributed by atoms with Crippen molar-refractivity contribution < 1.29 is 22.7 Å². The van der Waals surface area contributed by atoms with E-state index in [1.807, 2.05) is 24.3 Å². The Balaban J connectivity index is 1.46. The van der Waals surface area contributed by atoms with E-state index in [4.69, 9.17) is 4.74 Å². The summed E-state index contributed by atoms with van der Waals surface area (Å²) in [6.45, 7) is 3.03. The predicted octanol–water partition coefficient (Wildman–Crippen LogP) is 4.86. The van der Waals surface area contributed by atoms with Gasteiger partial charge in [-0.3, -0.25) is 9.78 Å². The maximum atomic E-state index is 13.2. The lowest BCUT2D eigenvalue weighted by molar-refractivity contribution is -0.137. The van der Waals surface area contributed by atoms with Crippen LogP contribution < -0.4 is 10.2 Å². The van der Waals surface area contributed by atoms with E-state index in [2.05, 4.69) is 15.2 Å². The lowest BCUT2D eigenvalue weighted by Crippen LogP contribution is -2.36. The summed E-state index contributed by atoms with van der Waals surface area (Å²) in [4.78, 5) is 18.6. The molecule has 3 aromatic rings. The van der Waals surface area contributed by atoms with E-state index in [1.165, 1.54) is 36.5 Å². The Morgan fingerprint density at radius 2 is 1.65 bits per heavy atom. The Hall–Kier alpha value is -3.39. The van der Waals surface area contributed by atoms with E-state index in [-0.39, 0.29) is 11.6 Å². The highest BCUT2D eigenvalue weighted by molar-refractivity contribution is 6.04. The molecule has 0 bridgehead atoms. The number of nitrogens with one attached hydrogen (secondary N) is 1. The van der Waals surface area contributed by atoms with Crippen molar-refractivity contribution in [3.8, 4) is 11.3 Å². The fourth-order valence-electron chi connectivity index (χ4n) is 3.42. The molecule has 0 aliphatic carbocycles. The second-order valence-corrected chi connectivity index (χ2v) is 7.08. The molecule has 1 saturated heterocycles. The van der Waals surface area contributed by atoms with Gasteiger partial charge in [0.1, 0.15) is 0 Å². The van der Waals surface area contributed by atoms with Gasteiger partial charge in [-0.05, 0) is 48.5 Å². The first-order chi connectivity index (χ1) is 14.9. The lowest BCUT2D eigenvalue weighted by atomic mass is 10.0. The number of amides is 1. The molecule has 0 radical (unpaired) electrons. The number of carbonyl (C=O) groups excluding carboxylic acids is 1. The molecule has 2 heterocycles. The van der Waals surface area contributed by atoms with Crippen LogP contribution in [0.2, 0.25) is 0 Å². The van der Waals surface area contributed by atoms with Gasteiger partial charge in [-0.15, -0.1) is 0 Å². The van der Waals surface area contributed by atoms with Gasteiger partial charge in [0.15, 0.2) is 0 Å². The van der Waals surface area contributed by atoms with Gasteiger partial charge < -0.3 is 15.0 Å². The van der Waals surface area contributed by atoms with E-state index < -0.39 is 11.7 Å². The normalized spacial score (nSPS) is 14.4. The van der Waals surface area contributed by atoms with Gasteiger partial charge in [0, 0.05) is 41.8 Å². The molecule has 0 unspecified atom stereocenters. The summed E-state index contributed by atoms with van der Waals surface area (Å²) < 4.78 is 45.0. The summed E-state index contributed by atoms with van der Waals surface area (Å²) in [5.74, 6) is -0.345. The third kappa shape index (κ3) is 4.86. The van der Waals surface area contributed by atoms with Gasteiger partial charge in [0.05, 0.1) is 24.5 Å². The van der Waals surface area contributed by atoms with Gasteiger partial charge >= 0.3 is 6.18 Å². The number of morpholine rings is 1. The third-order valence-electron chi connectivity index (χ3n) is 5.04. The molecule has 1 aromatic heterocycles. The maximum Gasteiger partial charge on any atom is 0.418 e. The summed E-state index contributed by atoms with van der Waals surface area (Å²) in [6, 6.07) is 15.7. The highest BCUT2D eigenvalue weighted by Crippen LogP contribution is 2.35. The zero-order valence-electron chi connectivity index (χ0n) is 16.5. The van der Waals surface area contributed by atoms with Crippen molar-refractivity contribution in [2.75, 3.05) is 36.5 Å². The number of halogens is 3. The second kappa shape index (κ2) is 8.77. The first-order valence-electron chi connectivity index (χ1n) is 9.78. The van der Waals surface area contributed by atoms with E-state index in [9.17, 15) is 18.0 Å². The van der Waals surface area contributed by atoms with Crippen molar-refractivity contribution in [3.05, 3.63) is 78.0 Å². The number of hydrogen-bond donors (Lipinski definition) is 1. The molecular formula is C23H20F3N3O2. The van der Waals surface area contributed by atoms with Crippen LogP contribution in [0.1, 0.15) is 15.9 Å². The number of aromatic nitrogens is 1. The Morgan fingerprint density at radius 3 is 2.29 bits per heavy atom. The van der Waals surface area contributed by atoms with Crippen LogP contribution in [0.5, 0.6) is 0 Å². The van der Waals surface area contributed by atoms with Crippen LogP contribution in [0.25, 0.3) is 11.3 Å². The summed E-state index contributed by atoms with van der Waals surface area (Å²) in [7, 11) is 0. The number of rotatable bonds is 4. The quantitative estimate of drug-likeness (QED) is 0.646. The molecule has 1 N–H and O–H groups in total. The van der Waals surface area contributed by atoms with Crippen LogP contribution in [0.4, 0.5) is 24.5 Å². The van der Waals surface area contributed by atoms with Gasteiger partial charge in [-0.2, -0.15) is 13.2 Å². The number of nitrogens with zero attached hydrogens (tertiary/aromatic N) is 2. The SMILES string of the molecule is O=C(Nc1ccc(N2CCOCC2)cc1)c1ccc(-c2ncccc2C(F)(F)F)cc1. The van der Waals surface area contributed by atoms with E-state index in [1.54, 1.807) is 0 Å². The minimum absolute atomic E-state index is 0.166. The highest BCUT2D eigenvalue weighted by atomic mass is 19.4. The summed E-state index contributed by atoms with van der Waals surface area (Å²) in [5, 5.41) is 2.81. The summed E-state index contributed by atoms with van der Waals surface area (Å²) >= 11 is 0. The zero-order valence-corrected chi connectivity index (χ0v) is 16.5. The minimum atomic E-state index is -4.51. The van der Waals surface area contributed by atoms with Gasteiger partial charge in [-0.25, -0.2) is 0 Å². The van der Waals surface area contributed by atoms with Crippen LogP contribution in [0.3, 0.4) is 0 Å². The molecule has 1 aliphatic heterocycles. The topological polar surface area (TPSA) is 54.5 Å². The fraction of sp³-hybridized carbons (Fsp3) is 0.217. The largest absolute Gasteiger partial charge is 0.418 e. The van der Waals surface area contributed by atoms with Crippen LogP contribution >= 0.6 is 0 Å². The van der Waals surface area contributed by atoms with Crippen LogP contribution in [-0.4, -0.2) is 37.2 Å². The highest BCUT2D eigenvalue weighted by Gasteiger charge is 2.34. The van der Waals surface area contributed by atoms with Crippen LogP contribution in [0, 0.1) is 0 Å². The Kier molecular flexibility index (Phi) is 5.90. The predicted molar refractivity (Wildman–Crippen MR) is 112 cm³/mol. The Morgan fingerprint density at radius 1 is 0.968 bits per heavy atom. The van der Waals surface area contributed by atoms with E-state index in [0.29, 0.717) is 30.0 Å². The number of hydrogen-bond acceptors (Lipinski definition) is 4. The van der Waals surface area contributed by atoms with Crippen molar-refractivity contribution in [1.82, 2.24) is 4.98 Å². The van der Waals surface area contributed by atoms with Gasteiger partial charge in [-0.1, -0.05) is 12.1 Å². The van der Waals surface area contributed by atoms with Crippen molar-refractivity contribution in [2.45, 2.75) is 6.18 Å². The molecule has 0 spiro atoms. The number of pyridine rings is 1. The molecule has 2 aromatic carbocycles. The number of alkyl halides is 3. The molecule has 0 saturated carbocycles. The second-order valence-electron chi connectivity index (χ2n) is 7.08. The van der Waals surface area contributed by atoms with Gasteiger partial charge in [0.25, 0.3) is 5.91 Å². The van der Waals surface area contributed by atoms with Crippen LogP contribution in [-0.2, 0) is 10.9 Å². The van der Waals surface area contributed by atoms with Crippen molar-refractivity contribution >= 4 is 17.3 Å². The fourth-order valence-corrected chi connectivity index (χ4v) is 3.42. The minimum Gasteiger partial charge on any atom is -0.378 e. The lowest BCUT2D eigenvalue weighted by Gasteiger charge is -2.28. The smallest absolute Gasteiger partial charge is 0.378 e. The van der Waals surface area contributed by atoms with Crippen molar-refractivity contribution in [3.63, 3.8) is 0 Å². The van der Waals surface area contributed by atoms with Crippen molar-refractivity contribution in [1.29, 1.82) is 0 Å². The molecule has 31 heavy (non-hydrogen) atoms. The first-order valence-corrected chi connectivity index (χ1v) is 9.78. The molecular weight excluding hydrogens is 407 g/mol. The maximum absolute atomic E-state index is 13.2. The first kappa shape index (κ1) is 20.9. The summed E-state index contributed by atoms with van der Waals surface area (Å²) in [5.41, 5.74) is 1.34. The molecule has 1 amide bonds. The molecule has 1 fully saturated rings. The average Bonchev–Trinajstić information content (AvgIpc) is 2.80. The molecule has 5 nitrogen and oxygen atoms in total. The summed E-state index contributed by atoms with van der Waals surface area (Å²) in [6.07, 6.45) is -3.20. The molecule has 8 heteroatoms. The molecule has 1 aliphatic rings. The standard InChI is InChI=1S/C23H20F3N3O2/c24-23(25,26)20-2-1-11-27-21(20)16-3-5-17(6-4-16)22(30)28-18-7-9-19(10-8-18)29-12-14-31-15-13-29/h1-11H,12-15H2,(H,28,30). The number of benzene rings is 2. The van der Waals surface area contributed by atoms with E-state index >= 15 is 0 Å². The average molecular weight is 427 g/mol. The van der Waals surface area contributed by atoms with Crippen LogP contribution in [0.15, 0.2) is 66.9 Å². The third-order valence-corrected chi connectivity index (χ3v) is 5.04. The monoisotopic (exact) mass is 427 g/mol. The Labute approximate surface area is 177 Å². The number of ether oxygens (including phenoxy) is 1. The number of carbonyl (C=O) groups is 1. The molecule has 0 atom stereocenters. The van der Waals surface area contributed by atoms with Gasteiger partial charge in [0.2, 0.25) is 0 Å². The number of anilines is 2.